The predicted octanol–water partition coefficient (Wildman–Crippen LogP) is 22.3. The Bertz CT molecular complexity index is 6780. The first kappa shape index (κ1) is 51.6. The van der Waals surface area contributed by atoms with Crippen LogP contribution in [0.25, 0.3) is 210 Å². The molecule has 6 aromatic heterocycles. The molecule has 0 saturated heterocycles. The fraction of sp³-hybridized carbons (Fsp3) is 0. The SMILES string of the molecule is c1cc(-c2ncnc3c2-c2cccc4cccc-3c24)cc(-n2c3ccccc3c3ccc(-n4c5ccccc5c5ccc(-c6ccc7c8c(cccc68)-c6cnc(-c8ccc(-n9c%10ccccc%10c%10ccc(-n%11c%12ccccc%12c%12ccccc%12%11)cc%109)cc8)nc6-7)cc54)cc32)c1. The number of benzene rings is 14. The van der Waals surface area contributed by atoms with Gasteiger partial charge in [0, 0.05) is 105 Å². The number of para-hydroxylation sites is 5. The number of rotatable bonds is 7. The summed E-state index contributed by atoms with van der Waals surface area (Å²) in [4.78, 5) is 20.5. The first-order valence-electron chi connectivity index (χ1n) is 32.8. The Labute approximate surface area is 548 Å². The van der Waals surface area contributed by atoms with Crippen LogP contribution in [0.2, 0.25) is 0 Å². The first-order valence-corrected chi connectivity index (χ1v) is 32.8. The Balaban J connectivity index is 0.631. The molecule has 8 heteroatoms. The van der Waals surface area contributed by atoms with Gasteiger partial charge < -0.3 is 18.3 Å². The lowest BCUT2D eigenvalue weighted by Crippen LogP contribution is -1.98. The minimum atomic E-state index is 0.696. The average Bonchev–Trinajstić information content (AvgIpc) is 1.57. The van der Waals surface area contributed by atoms with Gasteiger partial charge in [-0.15, -0.1) is 0 Å². The van der Waals surface area contributed by atoms with Crippen LogP contribution in [-0.2, 0) is 0 Å². The maximum atomic E-state index is 5.43. The molecule has 0 fully saturated rings. The zero-order valence-corrected chi connectivity index (χ0v) is 51.4. The number of fused-ring (bicyclic) bond motifs is 18. The standard InChI is InChI=1S/C88H50N8/c1-7-29-75-60(19-1)61-20-2-8-30-76(61)94(75)57-38-41-66-63-22-3-6-28-74(63)93(80(66)47-57)55-36-33-52(34-37-55)88-89-49-73-69-25-14-24-68-59(43-44-72(83(68)69)86(73)92-88)53-35-40-65-62-21-4-10-32-78(62)96(79(65)46-53)58-39-42-67-64-23-5-9-31-77(64)95(81(67)48-58)56-18-11-17-54(45-56)85-84-70-26-12-15-51-16-13-27-71(82(51)70)87(84)91-50-90-85/h1-50H. The number of hydrogen-bond donors (Lipinski definition) is 0. The van der Waals surface area contributed by atoms with Crippen molar-refractivity contribution in [3.63, 3.8) is 0 Å². The van der Waals surface area contributed by atoms with Gasteiger partial charge in [-0.05, 0) is 141 Å². The molecule has 2 aliphatic rings. The van der Waals surface area contributed by atoms with Crippen LogP contribution < -0.4 is 0 Å². The summed E-state index contributed by atoms with van der Waals surface area (Å²) in [6, 6.07) is 107. The van der Waals surface area contributed by atoms with Crippen molar-refractivity contribution in [2.45, 2.75) is 0 Å². The molecule has 14 aromatic carbocycles. The van der Waals surface area contributed by atoms with Gasteiger partial charge in [0.1, 0.15) is 6.33 Å². The monoisotopic (exact) mass is 1220 g/mol. The van der Waals surface area contributed by atoms with Crippen LogP contribution in [0.3, 0.4) is 0 Å². The summed E-state index contributed by atoms with van der Waals surface area (Å²) in [5.74, 6) is 0.696. The van der Waals surface area contributed by atoms with Crippen molar-refractivity contribution < 1.29 is 0 Å². The molecule has 0 atom stereocenters. The molecule has 0 bridgehead atoms. The third kappa shape index (κ3) is 7.05. The van der Waals surface area contributed by atoms with E-state index in [1.165, 1.54) is 86.8 Å². The molecule has 0 aliphatic heterocycles. The van der Waals surface area contributed by atoms with E-state index < -0.39 is 0 Å². The van der Waals surface area contributed by atoms with Gasteiger partial charge in [0.25, 0.3) is 0 Å². The molecule has 6 heterocycles. The van der Waals surface area contributed by atoms with Crippen molar-refractivity contribution in [2.24, 2.45) is 0 Å². The number of hydrogen-bond acceptors (Lipinski definition) is 4. The molecule has 0 radical (unpaired) electrons. The van der Waals surface area contributed by atoms with Crippen molar-refractivity contribution >= 4 is 109 Å². The van der Waals surface area contributed by atoms with E-state index in [0.717, 1.165) is 117 Å². The largest absolute Gasteiger partial charge is 0.309 e. The van der Waals surface area contributed by atoms with Gasteiger partial charge in [-0.3, -0.25) is 0 Å². The van der Waals surface area contributed by atoms with Crippen LogP contribution in [0.1, 0.15) is 0 Å². The minimum Gasteiger partial charge on any atom is -0.309 e. The summed E-state index contributed by atoms with van der Waals surface area (Å²) in [6.45, 7) is 0. The smallest absolute Gasteiger partial charge is 0.159 e. The third-order valence-electron chi connectivity index (χ3n) is 20.8. The zero-order valence-electron chi connectivity index (χ0n) is 51.4. The van der Waals surface area contributed by atoms with Crippen molar-refractivity contribution in [2.75, 3.05) is 0 Å². The van der Waals surface area contributed by atoms with Crippen LogP contribution in [-0.4, -0.2) is 38.2 Å². The van der Waals surface area contributed by atoms with Gasteiger partial charge in [-0.2, -0.15) is 0 Å². The molecule has 0 amide bonds. The molecule has 0 saturated carbocycles. The van der Waals surface area contributed by atoms with Gasteiger partial charge in [-0.1, -0.05) is 194 Å². The highest BCUT2D eigenvalue weighted by Gasteiger charge is 2.29. The van der Waals surface area contributed by atoms with Crippen molar-refractivity contribution in [3.8, 4) is 101 Å². The Morgan fingerprint density at radius 1 is 0.229 bits per heavy atom. The van der Waals surface area contributed by atoms with Gasteiger partial charge >= 0.3 is 0 Å². The summed E-state index contributed by atoms with van der Waals surface area (Å²) >= 11 is 0. The molecule has 8 nitrogen and oxygen atoms in total. The van der Waals surface area contributed by atoms with E-state index in [0.29, 0.717) is 5.82 Å². The van der Waals surface area contributed by atoms with Crippen molar-refractivity contribution in [1.29, 1.82) is 0 Å². The molecule has 96 heavy (non-hydrogen) atoms. The van der Waals surface area contributed by atoms with Gasteiger partial charge in [0.05, 0.1) is 61.2 Å². The van der Waals surface area contributed by atoms with E-state index in [1.807, 2.05) is 6.20 Å². The Kier molecular flexibility index (Phi) is 10.4. The van der Waals surface area contributed by atoms with E-state index in [4.69, 9.17) is 19.9 Å². The quantitative estimate of drug-likeness (QED) is 0.159. The molecule has 442 valence electrons. The summed E-state index contributed by atoms with van der Waals surface area (Å²) in [7, 11) is 0. The lowest BCUT2D eigenvalue weighted by Gasteiger charge is -2.14. The molecule has 20 aromatic rings. The first-order chi connectivity index (χ1) is 47.6. The van der Waals surface area contributed by atoms with Crippen LogP contribution in [0.5, 0.6) is 0 Å². The molecular weight excluding hydrogens is 1170 g/mol. The second kappa shape index (κ2) is 19.3. The third-order valence-corrected chi connectivity index (χ3v) is 20.8. The summed E-state index contributed by atoms with van der Waals surface area (Å²) in [5, 5.41) is 14.6. The highest BCUT2D eigenvalue weighted by atomic mass is 15.0. The normalized spacial score (nSPS) is 12.4. The van der Waals surface area contributed by atoms with E-state index >= 15 is 0 Å². The Morgan fingerprint density at radius 3 is 1.30 bits per heavy atom. The fourth-order valence-electron chi connectivity index (χ4n) is 16.7. The van der Waals surface area contributed by atoms with Crippen LogP contribution in [0.15, 0.2) is 304 Å². The van der Waals surface area contributed by atoms with Crippen molar-refractivity contribution in [1.82, 2.24) is 38.2 Å². The lowest BCUT2D eigenvalue weighted by molar-refractivity contribution is 1.15. The molecule has 0 unspecified atom stereocenters. The molecular formula is C88H50N8. The topological polar surface area (TPSA) is 71.3 Å². The summed E-state index contributed by atoms with van der Waals surface area (Å²) in [6.07, 6.45) is 3.75. The Hall–Kier alpha value is -13.0. The Morgan fingerprint density at radius 2 is 0.677 bits per heavy atom. The minimum absolute atomic E-state index is 0.696. The maximum Gasteiger partial charge on any atom is 0.159 e. The fourth-order valence-corrected chi connectivity index (χ4v) is 16.7. The number of nitrogens with zero attached hydrogens (tertiary/aromatic N) is 8. The van der Waals surface area contributed by atoms with Gasteiger partial charge in [0.2, 0.25) is 0 Å². The number of aromatic nitrogens is 8. The lowest BCUT2D eigenvalue weighted by atomic mass is 9.94. The second-order valence-corrected chi connectivity index (χ2v) is 25.7. The van der Waals surface area contributed by atoms with E-state index in [2.05, 4.69) is 309 Å². The zero-order chi connectivity index (χ0) is 62.4. The van der Waals surface area contributed by atoms with Crippen molar-refractivity contribution in [3.05, 3.63) is 304 Å². The van der Waals surface area contributed by atoms with E-state index in [-0.39, 0.29) is 0 Å². The maximum absolute atomic E-state index is 5.43. The summed E-state index contributed by atoms with van der Waals surface area (Å²) < 4.78 is 9.68. The predicted molar refractivity (Wildman–Crippen MR) is 395 cm³/mol. The van der Waals surface area contributed by atoms with Crippen LogP contribution in [0, 0.1) is 0 Å². The van der Waals surface area contributed by atoms with Gasteiger partial charge in [-0.25, -0.2) is 19.9 Å². The highest BCUT2D eigenvalue weighted by Crippen LogP contribution is 2.52. The molecule has 0 spiro atoms. The molecule has 22 rings (SSSR count). The molecule has 2 aliphatic carbocycles. The summed E-state index contributed by atoms with van der Waals surface area (Å²) in [5.41, 5.74) is 27.5. The van der Waals surface area contributed by atoms with E-state index in [1.54, 1.807) is 6.33 Å². The van der Waals surface area contributed by atoms with Crippen LogP contribution in [0.4, 0.5) is 0 Å². The van der Waals surface area contributed by atoms with E-state index in [9.17, 15) is 0 Å². The second-order valence-electron chi connectivity index (χ2n) is 25.7. The van der Waals surface area contributed by atoms with Crippen LogP contribution >= 0.6 is 0 Å². The average molecular weight is 1220 g/mol. The highest BCUT2D eigenvalue weighted by molar-refractivity contribution is 6.21. The molecule has 0 N–H and O–H groups in total. The van der Waals surface area contributed by atoms with Gasteiger partial charge in [0.15, 0.2) is 5.82 Å².